The molecule has 0 spiro atoms. The zero-order valence-electron chi connectivity index (χ0n) is 18.0. The maximum Gasteiger partial charge on any atom is 0.407 e. The summed E-state index contributed by atoms with van der Waals surface area (Å²) in [5.41, 5.74) is 4.29. The molecular formula is C25H23N3O5. The van der Waals surface area contributed by atoms with Crippen LogP contribution >= 0.6 is 0 Å². The number of nitro groups is 1. The number of nitrogens with one attached hydrogen (secondary N) is 2. The highest BCUT2D eigenvalue weighted by atomic mass is 16.6. The summed E-state index contributed by atoms with van der Waals surface area (Å²) in [5, 5.41) is 13.8. The van der Waals surface area contributed by atoms with Gasteiger partial charge in [0.2, 0.25) is 0 Å². The number of aromatic amines is 1. The number of hydrogen-bond acceptors (Lipinski definition) is 5. The monoisotopic (exact) mass is 445 g/mol. The second-order valence-corrected chi connectivity index (χ2v) is 7.75. The van der Waals surface area contributed by atoms with Crippen LogP contribution in [0.15, 0.2) is 65.6 Å². The van der Waals surface area contributed by atoms with Crippen molar-refractivity contribution in [3.05, 3.63) is 104 Å². The molecule has 8 heteroatoms. The minimum Gasteiger partial charge on any atom is -0.449 e. The number of rotatable bonds is 7. The fourth-order valence-corrected chi connectivity index (χ4v) is 4.14. The number of pyridine rings is 1. The van der Waals surface area contributed by atoms with E-state index in [1.54, 1.807) is 12.2 Å². The fourth-order valence-electron chi connectivity index (χ4n) is 4.14. The maximum absolute atomic E-state index is 12.2. The van der Waals surface area contributed by atoms with Gasteiger partial charge in [0.15, 0.2) is 0 Å². The Morgan fingerprint density at radius 2 is 1.79 bits per heavy atom. The van der Waals surface area contributed by atoms with E-state index in [0.29, 0.717) is 24.1 Å². The third-order valence-electron chi connectivity index (χ3n) is 5.77. The van der Waals surface area contributed by atoms with Gasteiger partial charge in [0.25, 0.3) is 0 Å². The Morgan fingerprint density at radius 3 is 2.42 bits per heavy atom. The Bertz CT molecular complexity index is 1250. The van der Waals surface area contributed by atoms with E-state index in [1.165, 1.54) is 24.2 Å². The number of carbonyl (C=O) groups excluding carboxylic acids is 1. The van der Waals surface area contributed by atoms with Crippen LogP contribution in [0.5, 0.6) is 0 Å². The molecule has 33 heavy (non-hydrogen) atoms. The Morgan fingerprint density at radius 1 is 1.15 bits per heavy atom. The number of hydrogen-bond donors (Lipinski definition) is 2. The molecule has 0 fully saturated rings. The number of benzene rings is 2. The number of nitrogens with zero attached hydrogens (tertiary/aromatic N) is 1. The highest BCUT2D eigenvalue weighted by Gasteiger charge is 2.28. The van der Waals surface area contributed by atoms with Crippen LogP contribution in [0.4, 0.5) is 10.5 Å². The number of amides is 1. The first-order chi connectivity index (χ1) is 16.0. The van der Waals surface area contributed by atoms with E-state index in [9.17, 15) is 19.7 Å². The van der Waals surface area contributed by atoms with Gasteiger partial charge in [0.05, 0.1) is 4.92 Å². The fraction of sp³-hybridized carbons (Fsp3) is 0.200. The molecule has 8 nitrogen and oxygen atoms in total. The van der Waals surface area contributed by atoms with E-state index < -0.39 is 22.3 Å². The predicted molar refractivity (Wildman–Crippen MR) is 125 cm³/mol. The molecule has 168 valence electrons. The molecular weight excluding hydrogens is 422 g/mol. The van der Waals surface area contributed by atoms with Gasteiger partial charge in [-0.2, -0.15) is 0 Å². The molecule has 0 atom stereocenters. The molecule has 0 radical (unpaired) electrons. The average Bonchev–Trinajstić information content (AvgIpc) is 3.12. The number of fused-ring (bicyclic) bond motifs is 3. The van der Waals surface area contributed by atoms with Crippen molar-refractivity contribution < 1.29 is 14.5 Å². The van der Waals surface area contributed by atoms with Gasteiger partial charge in [-0.25, -0.2) is 4.79 Å². The van der Waals surface area contributed by atoms with Gasteiger partial charge >= 0.3 is 17.3 Å². The lowest BCUT2D eigenvalue weighted by Gasteiger charge is -2.14. The third-order valence-corrected chi connectivity index (χ3v) is 5.77. The lowest BCUT2D eigenvalue weighted by atomic mass is 9.98. The molecule has 4 rings (SSSR count). The van der Waals surface area contributed by atoms with Crippen LogP contribution in [0.1, 0.15) is 34.6 Å². The summed E-state index contributed by atoms with van der Waals surface area (Å²) in [7, 11) is 0. The van der Waals surface area contributed by atoms with Crippen LogP contribution in [0, 0.1) is 17.0 Å². The van der Waals surface area contributed by atoms with Crippen molar-refractivity contribution in [3.8, 4) is 11.1 Å². The summed E-state index contributed by atoms with van der Waals surface area (Å²) in [4.78, 5) is 36.5. The number of carbonyl (C=O) groups is 1. The number of aromatic nitrogens is 1. The molecule has 1 heterocycles. The molecule has 1 aliphatic carbocycles. The molecule has 2 N–H and O–H groups in total. The summed E-state index contributed by atoms with van der Waals surface area (Å²) < 4.78 is 5.49. The highest BCUT2D eigenvalue weighted by molar-refractivity contribution is 5.79. The van der Waals surface area contributed by atoms with Gasteiger partial charge in [-0.05, 0) is 35.6 Å². The first kappa shape index (κ1) is 22.0. The van der Waals surface area contributed by atoms with Crippen molar-refractivity contribution in [1.29, 1.82) is 0 Å². The van der Waals surface area contributed by atoms with Gasteiger partial charge in [-0.15, -0.1) is 0 Å². The Labute approximate surface area is 190 Å². The van der Waals surface area contributed by atoms with Gasteiger partial charge in [0, 0.05) is 29.8 Å². The van der Waals surface area contributed by atoms with Crippen LogP contribution < -0.4 is 10.9 Å². The molecule has 2 aromatic carbocycles. The lowest BCUT2D eigenvalue weighted by Crippen LogP contribution is -2.26. The predicted octanol–water partition coefficient (Wildman–Crippen LogP) is 4.53. The zero-order chi connectivity index (χ0) is 23.4. The summed E-state index contributed by atoms with van der Waals surface area (Å²) >= 11 is 0. The zero-order valence-corrected chi connectivity index (χ0v) is 18.0. The van der Waals surface area contributed by atoms with E-state index in [0.717, 1.165) is 11.1 Å². The first-order valence-corrected chi connectivity index (χ1v) is 10.6. The van der Waals surface area contributed by atoms with Crippen molar-refractivity contribution in [3.63, 3.8) is 0 Å². The molecule has 0 aliphatic heterocycles. The van der Waals surface area contributed by atoms with Gasteiger partial charge in [-0.3, -0.25) is 14.9 Å². The quantitative estimate of drug-likeness (QED) is 0.315. The van der Waals surface area contributed by atoms with Gasteiger partial charge < -0.3 is 15.0 Å². The molecule has 3 aromatic rings. The van der Waals surface area contributed by atoms with Crippen molar-refractivity contribution in [2.75, 3.05) is 13.2 Å². The standard InChI is InChI=1S/C25H23N3O5/c1-16-17(14-27-24(29)23(16)28(31)32)8-6-7-13-26-25(30)33-15-22-20-11-4-2-9-18(20)19-10-3-5-12-21(19)22/h2-6,8-12,14,22H,7,13,15H2,1H3,(H,26,30)(H,27,29). The highest BCUT2D eigenvalue weighted by Crippen LogP contribution is 2.44. The minimum atomic E-state index is -0.730. The molecule has 1 aliphatic rings. The summed E-state index contributed by atoms with van der Waals surface area (Å²) in [6.45, 7) is 2.12. The molecule has 1 amide bonds. The van der Waals surface area contributed by atoms with E-state index >= 15 is 0 Å². The molecule has 0 saturated heterocycles. The first-order valence-electron chi connectivity index (χ1n) is 10.6. The second-order valence-electron chi connectivity index (χ2n) is 7.75. The van der Waals surface area contributed by atoms with E-state index in [1.807, 2.05) is 24.3 Å². The van der Waals surface area contributed by atoms with E-state index in [-0.39, 0.29) is 12.5 Å². The average molecular weight is 445 g/mol. The van der Waals surface area contributed by atoms with Crippen molar-refractivity contribution in [1.82, 2.24) is 10.3 Å². The van der Waals surface area contributed by atoms with Crippen molar-refractivity contribution >= 4 is 17.9 Å². The molecule has 1 aromatic heterocycles. The van der Waals surface area contributed by atoms with E-state index in [4.69, 9.17) is 4.74 Å². The summed E-state index contributed by atoms with van der Waals surface area (Å²) in [5.74, 6) is 0.00190. The van der Waals surface area contributed by atoms with Crippen LogP contribution in [0.2, 0.25) is 0 Å². The van der Waals surface area contributed by atoms with Gasteiger partial charge in [0.1, 0.15) is 6.61 Å². The lowest BCUT2D eigenvalue weighted by molar-refractivity contribution is -0.386. The maximum atomic E-state index is 12.2. The molecule has 0 unspecified atom stereocenters. The number of H-pyrrole nitrogens is 1. The second kappa shape index (κ2) is 9.52. The number of alkyl carbamates (subject to hydrolysis) is 1. The topological polar surface area (TPSA) is 114 Å². The van der Waals surface area contributed by atoms with E-state index in [2.05, 4.69) is 34.6 Å². The molecule has 0 bridgehead atoms. The number of ether oxygens (including phenoxy) is 1. The van der Waals surface area contributed by atoms with Crippen LogP contribution in [-0.2, 0) is 4.74 Å². The van der Waals surface area contributed by atoms with Gasteiger partial charge in [-0.1, -0.05) is 60.7 Å². The summed E-state index contributed by atoms with van der Waals surface area (Å²) in [6.07, 6.45) is 4.88. The SMILES string of the molecule is Cc1c(C=CCCNC(=O)OCC2c3ccccc3-c3ccccc32)c[nH]c(=O)c1[N+](=O)[O-]. The largest absolute Gasteiger partial charge is 0.449 e. The molecule has 0 saturated carbocycles. The van der Waals surface area contributed by atoms with Crippen LogP contribution in [-0.4, -0.2) is 29.2 Å². The minimum absolute atomic E-state index is 0.00190. The van der Waals surface area contributed by atoms with Crippen molar-refractivity contribution in [2.24, 2.45) is 0 Å². The summed E-state index contributed by atoms with van der Waals surface area (Å²) in [6, 6.07) is 16.3. The van der Waals surface area contributed by atoms with Crippen molar-refractivity contribution in [2.45, 2.75) is 19.3 Å². The third kappa shape index (κ3) is 4.55. The normalized spacial score (nSPS) is 12.4. The van der Waals surface area contributed by atoms with Crippen LogP contribution in [0.3, 0.4) is 0 Å². The smallest absolute Gasteiger partial charge is 0.407 e. The van der Waals surface area contributed by atoms with Crippen LogP contribution in [0.25, 0.3) is 17.2 Å². The Hall–Kier alpha value is -4.20. The Balaban J connectivity index is 1.30. The Kier molecular flexibility index (Phi) is 6.35.